The Morgan fingerprint density at radius 1 is 1.25 bits per heavy atom. The molecule has 0 aromatic carbocycles. The van der Waals surface area contributed by atoms with E-state index < -0.39 is 0 Å². The molecule has 1 rings (SSSR count). The molecule has 1 atom stereocenters. The number of hydrogen-bond acceptors (Lipinski definition) is 1. The molecule has 0 spiro atoms. The van der Waals surface area contributed by atoms with E-state index in [4.69, 9.17) is 0 Å². The zero-order chi connectivity index (χ0) is 9.03. The summed E-state index contributed by atoms with van der Waals surface area (Å²) in [5, 5.41) is 10.3. The van der Waals surface area contributed by atoms with Gasteiger partial charge in [-0.2, -0.15) is 0 Å². The maximum atomic E-state index is 10.3. The van der Waals surface area contributed by atoms with E-state index in [-0.39, 0.29) is 5.60 Å². The summed E-state index contributed by atoms with van der Waals surface area (Å²) in [7, 11) is 0. The van der Waals surface area contributed by atoms with Crippen LogP contribution in [0.5, 0.6) is 0 Å². The summed E-state index contributed by atoms with van der Waals surface area (Å²) in [6, 6.07) is 0. The van der Waals surface area contributed by atoms with Crippen molar-refractivity contribution < 1.29 is 5.11 Å². The van der Waals surface area contributed by atoms with E-state index >= 15 is 0 Å². The summed E-state index contributed by atoms with van der Waals surface area (Å²) in [6.07, 6.45) is 8.22. The highest BCUT2D eigenvalue weighted by Crippen LogP contribution is 2.36. The van der Waals surface area contributed by atoms with Gasteiger partial charge in [-0.15, -0.1) is 0 Å². The molecule has 1 N–H and O–H groups in total. The highest BCUT2D eigenvalue weighted by atomic mass is 16.3. The second-order valence-corrected chi connectivity index (χ2v) is 4.35. The highest BCUT2D eigenvalue weighted by molar-refractivity contribution is 4.86. The smallest absolute Gasteiger partial charge is 0.0673 e. The second kappa shape index (κ2) is 4.27. The zero-order valence-corrected chi connectivity index (χ0v) is 8.47. The Morgan fingerprint density at radius 2 is 1.83 bits per heavy atom. The van der Waals surface area contributed by atoms with Gasteiger partial charge in [0.2, 0.25) is 0 Å². The lowest BCUT2D eigenvalue weighted by Crippen LogP contribution is -2.38. The quantitative estimate of drug-likeness (QED) is 0.690. The van der Waals surface area contributed by atoms with Gasteiger partial charge in [0.05, 0.1) is 5.60 Å². The molecular weight excluding hydrogens is 148 g/mol. The fraction of sp³-hybridized carbons (Fsp3) is 1.00. The van der Waals surface area contributed by atoms with Crippen LogP contribution in [0.15, 0.2) is 0 Å². The normalized spacial score (nSPS) is 25.2. The molecule has 1 unspecified atom stereocenters. The maximum absolute atomic E-state index is 10.3. The van der Waals surface area contributed by atoms with Gasteiger partial charge in [0, 0.05) is 0 Å². The summed E-state index contributed by atoms with van der Waals surface area (Å²) in [5.41, 5.74) is -0.311. The highest BCUT2D eigenvalue weighted by Gasteiger charge is 2.33. The molecule has 0 saturated heterocycles. The van der Waals surface area contributed by atoms with E-state index in [0.717, 1.165) is 12.8 Å². The van der Waals surface area contributed by atoms with Crippen molar-refractivity contribution in [1.82, 2.24) is 0 Å². The summed E-state index contributed by atoms with van der Waals surface area (Å²) >= 11 is 0. The standard InChI is InChI=1S/C11H22O/c1-3-7-10(2)11(12)8-5-4-6-9-11/h10,12H,3-9H2,1-2H3. The molecular formula is C11H22O. The summed E-state index contributed by atoms with van der Waals surface area (Å²) in [6.45, 7) is 4.40. The first-order valence-corrected chi connectivity index (χ1v) is 5.41. The van der Waals surface area contributed by atoms with Crippen LogP contribution in [0, 0.1) is 5.92 Å². The van der Waals surface area contributed by atoms with Crippen LogP contribution in [0.1, 0.15) is 58.8 Å². The first kappa shape index (κ1) is 10.0. The van der Waals surface area contributed by atoms with Crippen molar-refractivity contribution in [2.75, 3.05) is 0 Å². The molecule has 1 saturated carbocycles. The van der Waals surface area contributed by atoms with Crippen molar-refractivity contribution in [2.24, 2.45) is 5.92 Å². The van der Waals surface area contributed by atoms with Gasteiger partial charge in [0.15, 0.2) is 0 Å². The molecule has 0 aromatic rings. The third kappa shape index (κ3) is 2.22. The summed E-state index contributed by atoms with van der Waals surface area (Å²) < 4.78 is 0. The molecule has 1 nitrogen and oxygen atoms in total. The first-order valence-electron chi connectivity index (χ1n) is 5.41. The zero-order valence-electron chi connectivity index (χ0n) is 8.47. The molecule has 0 heterocycles. The molecule has 1 heteroatoms. The van der Waals surface area contributed by atoms with E-state index in [1.165, 1.54) is 32.1 Å². The van der Waals surface area contributed by atoms with Gasteiger partial charge >= 0.3 is 0 Å². The SMILES string of the molecule is CCCC(C)C1(O)CCCCC1. The van der Waals surface area contributed by atoms with Gasteiger partial charge in [0.1, 0.15) is 0 Å². The van der Waals surface area contributed by atoms with E-state index in [9.17, 15) is 5.11 Å². The van der Waals surface area contributed by atoms with Gasteiger partial charge < -0.3 is 5.11 Å². The van der Waals surface area contributed by atoms with Gasteiger partial charge in [-0.05, 0) is 25.2 Å². The van der Waals surface area contributed by atoms with Crippen molar-refractivity contribution in [3.05, 3.63) is 0 Å². The lowest BCUT2D eigenvalue weighted by atomic mass is 9.75. The average Bonchev–Trinajstić information content (AvgIpc) is 2.06. The fourth-order valence-electron chi connectivity index (χ4n) is 2.36. The van der Waals surface area contributed by atoms with Crippen LogP contribution in [0.4, 0.5) is 0 Å². The van der Waals surface area contributed by atoms with Crippen molar-refractivity contribution in [3.63, 3.8) is 0 Å². The van der Waals surface area contributed by atoms with Crippen molar-refractivity contribution in [1.29, 1.82) is 0 Å². The minimum Gasteiger partial charge on any atom is -0.390 e. The Morgan fingerprint density at radius 3 is 2.33 bits per heavy atom. The lowest BCUT2D eigenvalue weighted by Gasteiger charge is -2.37. The third-order valence-corrected chi connectivity index (χ3v) is 3.36. The van der Waals surface area contributed by atoms with Crippen LogP contribution in [0.2, 0.25) is 0 Å². The molecule has 0 amide bonds. The summed E-state index contributed by atoms with van der Waals surface area (Å²) in [4.78, 5) is 0. The predicted octanol–water partition coefficient (Wildman–Crippen LogP) is 3.12. The topological polar surface area (TPSA) is 20.2 Å². The molecule has 1 fully saturated rings. The molecule has 12 heavy (non-hydrogen) atoms. The minimum absolute atomic E-state index is 0.311. The predicted molar refractivity (Wildman–Crippen MR) is 52.1 cm³/mol. The molecule has 0 bridgehead atoms. The third-order valence-electron chi connectivity index (χ3n) is 3.36. The Hall–Kier alpha value is -0.0400. The number of hydrogen-bond donors (Lipinski definition) is 1. The molecule has 72 valence electrons. The largest absolute Gasteiger partial charge is 0.390 e. The maximum Gasteiger partial charge on any atom is 0.0673 e. The van der Waals surface area contributed by atoms with Gasteiger partial charge in [-0.1, -0.05) is 39.5 Å². The Kier molecular flexibility index (Phi) is 3.57. The number of aliphatic hydroxyl groups is 1. The van der Waals surface area contributed by atoms with E-state index in [1.807, 2.05) is 0 Å². The Bertz CT molecular complexity index is 125. The van der Waals surface area contributed by atoms with Crippen LogP contribution >= 0.6 is 0 Å². The van der Waals surface area contributed by atoms with E-state index in [0.29, 0.717) is 5.92 Å². The first-order chi connectivity index (χ1) is 5.69. The van der Waals surface area contributed by atoms with Gasteiger partial charge in [-0.3, -0.25) is 0 Å². The van der Waals surface area contributed by atoms with Crippen LogP contribution < -0.4 is 0 Å². The minimum atomic E-state index is -0.311. The van der Waals surface area contributed by atoms with Crippen LogP contribution in [-0.2, 0) is 0 Å². The van der Waals surface area contributed by atoms with Crippen LogP contribution in [0.3, 0.4) is 0 Å². The molecule has 0 aliphatic heterocycles. The van der Waals surface area contributed by atoms with Gasteiger partial charge in [-0.25, -0.2) is 0 Å². The second-order valence-electron chi connectivity index (χ2n) is 4.35. The van der Waals surface area contributed by atoms with Crippen molar-refractivity contribution in [3.8, 4) is 0 Å². The van der Waals surface area contributed by atoms with Crippen molar-refractivity contribution >= 4 is 0 Å². The lowest BCUT2D eigenvalue weighted by molar-refractivity contribution is -0.0458. The Labute approximate surface area is 76.2 Å². The number of rotatable bonds is 3. The monoisotopic (exact) mass is 170 g/mol. The van der Waals surface area contributed by atoms with Crippen LogP contribution in [0.25, 0.3) is 0 Å². The van der Waals surface area contributed by atoms with E-state index in [2.05, 4.69) is 13.8 Å². The average molecular weight is 170 g/mol. The molecule has 1 aliphatic rings. The van der Waals surface area contributed by atoms with E-state index in [1.54, 1.807) is 0 Å². The fourth-order valence-corrected chi connectivity index (χ4v) is 2.36. The molecule has 0 aromatic heterocycles. The van der Waals surface area contributed by atoms with Crippen LogP contribution in [-0.4, -0.2) is 10.7 Å². The van der Waals surface area contributed by atoms with Crippen molar-refractivity contribution in [2.45, 2.75) is 64.4 Å². The molecule has 1 aliphatic carbocycles. The Balaban J connectivity index is 2.44. The van der Waals surface area contributed by atoms with Gasteiger partial charge in [0.25, 0.3) is 0 Å². The summed E-state index contributed by atoms with van der Waals surface area (Å²) in [5.74, 6) is 0.503. The molecule has 0 radical (unpaired) electrons.